The van der Waals surface area contributed by atoms with Gasteiger partial charge in [0.25, 0.3) is 5.91 Å². The molecule has 1 aliphatic heterocycles. The number of carbonyl (C=O) groups excluding carboxylic acids is 2. The molecule has 1 heterocycles. The maximum absolute atomic E-state index is 12.1. The largest absolute Gasteiger partial charge is 0.480 e. The summed E-state index contributed by atoms with van der Waals surface area (Å²) in [4.78, 5) is 38.2. The fraction of sp³-hybridized carbons (Fsp3) is 0.625. The van der Waals surface area contributed by atoms with Crippen LogP contribution < -0.4 is 5.32 Å². The molecule has 0 spiro atoms. The molecule has 1 aliphatic rings. The minimum Gasteiger partial charge on any atom is -0.480 e. The van der Waals surface area contributed by atoms with Crippen LogP contribution in [0.5, 0.6) is 0 Å². The number of hydrogen-bond donors (Lipinski definition) is 2. The van der Waals surface area contributed by atoms with Crippen molar-refractivity contribution in [3.8, 4) is 6.07 Å². The molecule has 1 rings (SSSR count). The highest BCUT2D eigenvalue weighted by atomic mass is 16.6. The fourth-order valence-corrected chi connectivity index (χ4v) is 2.30. The number of piperazine rings is 1. The zero-order valence-electron chi connectivity index (χ0n) is 14.7. The van der Waals surface area contributed by atoms with Gasteiger partial charge >= 0.3 is 12.1 Å². The molecule has 1 atom stereocenters. The highest BCUT2D eigenvalue weighted by Crippen LogP contribution is 2.08. The van der Waals surface area contributed by atoms with Crippen LogP contribution in [0.4, 0.5) is 4.79 Å². The van der Waals surface area contributed by atoms with Crippen molar-refractivity contribution < 1.29 is 24.2 Å². The van der Waals surface area contributed by atoms with E-state index < -0.39 is 17.9 Å². The van der Waals surface area contributed by atoms with Gasteiger partial charge in [0.15, 0.2) is 0 Å². The van der Waals surface area contributed by atoms with E-state index in [-0.39, 0.29) is 17.6 Å². The lowest BCUT2D eigenvalue weighted by atomic mass is 10.0. The number of rotatable bonds is 6. The Morgan fingerprint density at radius 3 is 2.32 bits per heavy atom. The first-order chi connectivity index (χ1) is 11.8. The lowest BCUT2D eigenvalue weighted by Crippen LogP contribution is -2.48. The first-order valence-electron chi connectivity index (χ1n) is 8.11. The Kier molecular flexibility index (Phi) is 7.72. The molecule has 2 amide bonds. The molecule has 0 aliphatic carbocycles. The van der Waals surface area contributed by atoms with Gasteiger partial charge in [-0.15, -0.1) is 0 Å². The summed E-state index contributed by atoms with van der Waals surface area (Å²) in [6.07, 6.45) is 1.02. The molecule has 25 heavy (non-hydrogen) atoms. The molecule has 2 N–H and O–H groups in total. The number of carboxylic acids is 1. The maximum atomic E-state index is 12.1. The summed E-state index contributed by atoms with van der Waals surface area (Å²) in [6, 6.07) is 0.731. The number of nitrogens with zero attached hydrogens (tertiary/aromatic N) is 3. The highest BCUT2D eigenvalue weighted by molar-refractivity contribution is 5.99. The molecule has 0 saturated carbocycles. The third kappa shape index (κ3) is 5.99. The third-order valence-corrected chi connectivity index (χ3v) is 3.74. The second-order valence-electron chi connectivity index (χ2n) is 5.91. The molecule has 1 saturated heterocycles. The van der Waals surface area contributed by atoms with E-state index in [4.69, 9.17) is 9.84 Å². The number of nitriles is 1. The summed E-state index contributed by atoms with van der Waals surface area (Å²) in [6.45, 7) is 7.11. The normalized spacial score (nSPS) is 16.2. The Hall–Kier alpha value is -2.76. The quantitative estimate of drug-likeness (QED) is 0.524. The topological polar surface area (TPSA) is 123 Å². The van der Waals surface area contributed by atoms with Crippen LogP contribution in [0.1, 0.15) is 20.8 Å². The monoisotopic (exact) mass is 352 g/mol. The second-order valence-corrected chi connectivity index (χ2v) is 5.91. The Labute approximate surface area is 146 Å². The summed E-state index contributed by atoms with van der Waals surface area (Å²) in [5.74, 6) is -2.19. The Morgan fingerprint density at radius 2 is 1.88 bits per heavy atom. The first-order valence-corrected chi connectivity index (χ1v) is 8.11. The minimum absolute atomic E-state index is 0.170. The van der Waals surface area contributed by atoms with Crippen molar-refractivity contribution in [1.29, 1.82) is 5.26 Å². The summed E-state index contributed by atoms with van der Waals surface area (Å²) < 4.78 is 4.93. The standard InChI is InChI=1S/C16H24N4O5/c1-4-25-16(24)20-7-5-19(6-8-20)10-12(9-17)14(21)18-13(11(2)3)15(22)23/h10-11,13H,4-8H2,1-3H3,(H,18,21)(H,22,23)/b12-10-. The van der Waals surface area contributed by atoms with Crippen LogP contribution in [0.25, 0.3) is 0 Å². The van der Waals surface area contributed by atoms with Gasteiger partial charge in [0, 0.05) is 32.4 Å². The predicted octanol–water partition coefficient (Wildman–Crippen LogP) is 0.393. The van der Waals surface area contributed by atoms with Crippen LogP contribution in [-0.2, 0) is 14.3 Å². The van der Waals surface area contributed by atoms with Crippen LogP contribution in [0.3, 0.4) is 0 Å². The highest BCUT2D eigenvalue weighted by Gasteiger charge is 2.26. The van der Waals surface area contributed by atoms with Crippen molar-refractivity contribution in [3.63, 3.8) is 0 Å². The SMILES string of the molecule is CCOC(=O)N1CCN(/C=C(/C#N)C(=O)NC(C(=O)O)C(C)C)CC1. The van der Waals surface area contributed by atoms with E-state index >= 15 is 0 Å². The van der Waals surface area contributed by atoms with Gasteiger partial charge in [0.05, 0.1) is 6.61 Å². The van der Waals surface area contributed by atoms with Crippen molar-refractivity contribution in [1.82, 2.24) is 15.1 Å². The van der Waals surface area contributed by atoms with Gasteiger partial charge in [-0.2, -0.15) is 5.26 Å². The second kappa shape index (κ2) is 9.52. The van der Waals surface area contributed by atoms with Gasteiger partial charge in [-0.05, 0) is 12.8 Å². The Morgan fingerprint density at radius 1 is 1.28 bits per heavy atom. The lowest BCUT2D eigenvalue weighted by Gasteiger charge is -2.33. The number of carboxylic acid groups (broad SMARTS) is 1. The molecule has 1 unspecified atom stereocenters. The fourth-order valence-electron chi connectivity index (χ4n) is 2.30. The minimum atomic E-state index is -1.15. The Bertz CT molecular complexity index is 574. The molecular formula is C16H24N4O5. The van der Waals surface area contributed by atoms with Crippen LogP contribution in [0, 0.1) is 17.2 Å². The third-order valence-electron chi connectivity index (χ3n) is 3.74. The lowest BCUT2D eigenvalue weighted by molar-refractivity contribution is -0.142. The van der Waals surface area contributed by atoms with Crippen LogP contribution >= 0.6 is 0 Å². The van der Waals surface area contributed by atoms with Crippen molar-refractivity contribution in [2.45, 2.75) is 26.8 Å². The molecule has 0 aromatic heterocycles. The molecule has 138 valence electrons. The van der Waals surface area contributed by atoms with Crippen LogP contribution in [-0.4, -0.2) is 71.7 Å². The van der Waals surface area contributed by atoms with Crippen molar-refractivity contribution in [3.05, 3.63) is 11.8 Å². The van der Waals surface area contributed by atoms with Crippen LogP contribution in [0.2, 0.25) is 0 Å². The molecule has 9 nitrogen and oxygen atoms in total. The average molecular weight is 352 g/mol. The van der Waals surface area contributed by atoms with Gasteiger partial charge in [-0.1, -0.05) is 13.8 Å². The van der Waals surface area contributed by atoms with Crippen molar-refractivity contribution in [2.75, 3.05) is 32.8 Å². The van der Waals surface area contributed by atoms with E-state index in [9.17, 15) is 19.6 Å². The molecule has 9 heteroatoms. The van der Waals surface area contributed by atoms with E-state index in [0.717, 1.165) is 0 Å². The number of hydrogen-bond acceptors (Lipinski definition) is 6. The van der Waals surface area contributed by atoms with E-state index in [1.165, 1.54) is 6.20 Å². The summed E-state index contributed by atoms with van der Waals surface area (Å²) in [7, 11) is 0. The first kappa shape index (κ1) is 20.3. The maximum Gasteiger partial charge on any atom is 0.409 e. The average Bonchev–Trinajstić information content (AvgIpc) is 2.57. The molecule has 0 radical (unpaired) electrons. The number of amides is 2. The smallest absolute Gasteiger partial charge is 0.409 e. The number of carbonyl (C=O) groups is 3. The number of nitrogens with one attached hydrogen (secondary N) is 1. The van der Waals surface area contributed by atoms with Crippen molar-refractivity contribution in [2.24, 2.45) is 5.92 Å². The van der Waals surface area contributed by atoms with Crippen molar-refractivity contribution >= 4 is 18.0 Å². The molecular weight excluding hydrogens is 328 g/mol. The van der Waals surface area contributed by atoms with Gasteiger partial charge in [-0.25, -0.2) is 9.59 Å². The molecule has 0 bridgehead atoms. The number of ether oxygens (including phenoxy) is 1. The van der Waals surface area contributed by atoms with Gasteiger partial charge in [0.1, 0.15) is 17.7 Å². The summed E-state index contributed by atoms with van der Waals surface area (Å²) in [5, 5.41) is 20.7. The van der Waals surface area contributed by atoms with Gasteiger partial charge in [-0.3, -0.25) is 4.79 Å². The number of aliphatic carboxylic acids is 1. The summed E-state index contributed by atoms with van der Waals surface area (Å²) >= 11 is 0. The van der Waals surface area contributed by atoms with Crippen LogP contribution in [0.15, 0.2) is 11.8 Å². The zero-order valence-corrected chi connectivity index (χ0v) is 14.7. The van der Waals surface area contributed by atoms with E-state index in [1.54, 1.807) is 36.6 Å². The van der Waals surface area contributed by atoms with E-state index in [0.29, 0.717) is 32.8 Å². The molecule has 0 aromatic carbocycles. The molecule has 0 aromatic rings. The van der Waals surface area contributed by atoms with E-state index in [2.05, 4.69) is 5.32 Å². The van der Waals surface area contributed by atoms with E-state index in [1.807, 2.05) is 0 Å². The molecule has 1 fully saturated rings. The predicted molar refractivity (Wildman–Crippen MR) is 88.3 cm³/mol. The summed E-state index contributed by atoms with van der Waals surface area (Å²) in [5.41, 5.74) is -0.170. The zero-order chi connectivity index (χ0) is 19.0. The Balaban J connectivity index is 2.68. The van der Waals surface area contributed by atoms with Gasteiger partial charge in [0.2, 0.25) is 0 Å². The van der Waals surface area contributed by atoms with Gasteiger partial charge < -0.3 is 25.0 Å².